The Balaban J connectivity index is 3.05. The van der Waals surface area contributed by atoms with E-state index < -0.39 is 16.9 Å². The van der Waals surface area contributed by atoms with Crippen molar-refractivity contribution in [1.82, 2.24) is 4.98 Å². The first kappa shape index (κ1) is 20.0. The molecule has 10 heteroatoms. The van der Waals surface area contributed by atoms with E-state index >= 15 is 0 Å². The topological polar surface area (TPSA) is 124 Å². The Hall–Kier alpha value is -3.04. The number of hydrogen-bond acceptors (Lipinski definition) is 9. The van der Waals surface area contributed by atoms with Crippen LogP contribution in [0.25, 0.3) is 0 Å². The van der Waals surface area contributed by atoms with Crippen LogP contribution in [-0.2, 0) is 19.1 Å². The molecule has 1 aromatic rings. The molecule has 25 heavy (non-hydrogen) atoms. The Morgan fingerprint density at radius 2 is 1.96 bits per heavy atom. The Labute approximate surface area is 144 Å². The predicted octanol–water partition coefficient (Wildman–Crippen LogP) is 1.69. The number of hydrazone groups is 1. The van der Waals surface area contributed by atoms with E-state index in [1.807, 2.05) is 0 Å². The second-order valence-electron chi connectivity index (χ2n) is 4.70. The van der Waals surface area contributed by atoms with Crippen molar-refractivity contribution in [1.29, 1.82) is 0 Å². The Morgan fingerprint density at radius 3 is 2.56 bits per heavy atom. The number of anilines is 1. The van der Waals surface area contributed by atoms with Gasteiger partial charge >= 0.3 is 17.6 Å². The molecule has 1 heterocycles. The van der Waals surface area contributed by atoms with Gasteiger partial charge in [0.15, 0.2) is 0 Å². The minimum Gasteiger partial charge on any atom is -0.466 e. The van der Waals surface area contributed by atoms with E-state index in [2.05, 4.69) is 10.1 Å². The highest BCUT2D eigenvalue weighted by Gasteiger charge is 2.21. The van der Waals surface area contributed by atoms with Gasteiger partial charge in [0.25, 0.3) is 0 Å². The maximum Gasteiger partial charge on any atom is 0.354 e. The predicted molar refractivity (Wildman–Crippen MR) is 89.2 cm³/mol. The molecule has 0 aromatic carbocycles. The maximum absolute atomic E-state index is 12.0. The van der Waals surface area contributed by atoms with Crippen LogP contribution in [0.2, 0.25) is 0 Å². The van der Waals surface area contributed by atoms with Crippen molar-refractivity contribution in [2.24, 2.45) is 5.10 Å². The summed E-state index contributed by atoms with van der Waals surface area (Å²) in [5.74, 6) is -1.23. The molecule has 0 aliphatic rings. The molecule has 0 saturated carbocycles. The summed E-state index contributed by atoms with van der Waals surface area (Å²) in [5.41, 5.74) is -0.320. The highest BCUT2D eigenvalue weighted by atomic mass is 16.6. The van der Waals surface area contributed by atoms with Crippen molar-refractivity contribution < 1.29 is 24.0 Å². The third-order valence-electron chi connectivity index (χ3n) is 2.92. The number of rotatable bonds is 9. The number of esters is 2. The average molecular weight is 352 g/mol. The first-order chi connectivity index (χ1) is 11.9. The number of pyridine rings is 1. The zero-order valence-corrected chi connectivity index (χ0v) is 14.3. The highest BCUT2D eigenvalue weighted by molar-refractivity contribution is 6.36. The molecule has 0 N–H and O–H groups in total. The molecule has 1 aromatic heterocycles. The molecule has 136 valence electrons. The van der Waals surface area contributed by atoms with Crippen molar-refractivity contribution in [2.45, 2.75) is 26.7 Å². The SMILES string of the molecule is CCOC(=O)CC/C(=N\N(C)c1ncccc1[N+](=O)[O-])C(=O)OCC. The van der Waals surface area contributed by atoms with Gasteiger partial charge in [-0.3, -0.25) is 14.9 Å². The minimum absolute atomic E-state index is 0.0252. The van der Waals surface area contributed by atoms with Crippen molar-refractivity contribution in [3.8, 4) is 0 Å². The molecular formula is C15H20N4O6. The molecule has 1 rings (SSSR count). The first-order valence-electron chi connectivity index (χ1n) is 7.64. The number of carbonyl (C=O) groups is 2. The van der Waals surface area contributed by atoms with Gasteiger partial charge < -0.3 is 9.47 Å². The van der Waals surface area contributed by atoms with Gasteiger partial charge in [0, 0.05) is 25.7 Å². The quantitative estimate of drug-likeness (QED) is 0.284. The number of ether oxygens (including phenoxy) is 2. The van der Waals surface area contributed by atoms with E-state index in [1.165, 1.54) is 25.4 Å². The summed E-state index contributed by atoms with van der Waals surface area (Å²) < 4.78 is 9.72. The molecule has 0 bridgehead atoms. The van der Waals surface area contributed by atoms with Gasteiger partial charge in [-0.15, -0.1) is 0 Å². The van der Waals surface area contributed by atoms with Gasteiger partial charge in [-0.25, -0.2) is 14.8 Å². The van der Waals surface area contributed by atoms with Gasteiger partial charge in [0.2, 0.25) is 5.82 Å². The molecule has 0 spiro atoms. The van der Waals surface area contributed by atoms with E-state index in [9.17, 15) is 19.7 Å². The lowest BCUT2D eigenvalue weighted by molar-refractivity contribution is -0.384. The van der Waals surface area contributed by atoms with Crippen molar-refractivity contribution in [3.63, 3.8) is 0 Å². The average Bonchev–Trinajstić information content (AvgIpc) is 2.58. The summed E-state index contributed by atoms with van der Waals surface area (Å²) in [4.78, 5) is 37.9. The summed E-state index contributed by atoms with van der Waals surface area (Å²) >= 11 is 0. The molecule has 0 radical (unpaired) electrons. The standard InChI is InChI=1S/C15H20N4O6/c1-4-24-13(20)9-8-11(15(21)25-5-2)17-18(3)14-12(19(22)23)7-6-10-16-14/h6-7,10H,4-5,8-9H2,1-3H3/b17-11+. The molecule has 0 aliphatic carbocycles. The van der Waals surface area contributed by atoms with Crippen molar-refractivity contribution in [2.75, 3.05) is 25.3 Å². The van der Waals surface area contributed by atoms with Crippen LogP contribution in [0.4, 0.5) is 11.5 Å². The van der Waals surface area contributed by atoms with Crippen LogP contribution >= 0.6 is 0 Å². The lowest BCUT2D eigenvalue weighted by atomic mass is 10.2. The largest absolute Gasteiger partial charge is 0.466 e. The van der Waals surface area contributed by atoms with Gasteiger partial charge in [-0.1, -0.05) is 0 Å². The molecule has 0 unspecified atom stereocenters. The van der Waals surface area contributed by atoms with Gasteiger partial charge in [0.05, 0.1) is 24.6 Å². The summed E-state index contributed by atoms with van der Waals surface area (Å²) in [6.07, 6.45) is 1.28. The highest BCUT2D eigenvalue weighted by Crippen LogP contribution is 2.24. The number of carbonyl (C=O) groups excluding carboxylic acids is 2. The fourth-order valence-electron chi connectivity index (χ4n) is 1.87. The van der Waals surface area contributed by atoms with Crippen LogP contribution < -0.4 is 5.01 Å². The third-order valence-corrected chi connectivity index (χ3v) is 2.92. The van der Waals surface area contributed by atoms with Crippen molar-refractivity contribution >= 4 is 29.2 Å². The normalized spacial score (nSPS) is 10.9. The lowest BCUT2D eigenvalue weighted by Crippen LogP contribution is -2.24. The zero-order chi connectivity index (χ0) is 18.8. The van der Waals surface area contributed by atoms with E-state index in [0.717, 1.165) is 5.01 Å². The van der Waals surface area contributed by atoms with Gasteiger partial charge in [-0.2, -0.15) is 5.10 Å². The van der Waals surface area contributed by atoms with Crippen LogP contribution in [0.1, 0.15) is 26.7 Å². The second kappa shape index (κ2) is 9.96. The number of hydrogen-bond donors (Lipinski definition) is 0. The molecule has 0 amide bonds. The van der Waals surface area contributed by atoms with Crippen molar-refractivity contribution in [3.05, 3.63) is 28.4 Å². The fraction of sp³-hybridized carbons (Fsp3) is 0.467. The maximum atomic E-state index is 12.0. The molecule has 0 atom stereocenters. The number of aromatic nitrogens is 1. The Bertz CT molecular complexity index is 661. The molecule has 0 saturated heterocycles. The van der Waals surface area contributed by atoms with Crippen LogP contribution in [-0.4, -0.2) is 47.8 Å². The fourth-order valence-corrected chi connectivity index (χ4v) is 1.87. The molecule has 0 aliphatic heterocycles. The van der Waals surface area contributed by atoms with E-state index in [1.54, 1.807) is 13.8 Å². The zero-order valence-electron chi connectivity index (χ0n) is 14.3. The monoisotopic (exact) mass is 352 g/mol. The van der Waals surface area contributed by atoms with E-state index in [0.29, 0.717) is 0 Å². The van der Waals surface area contributed by atoms with Crippen LogP contribution in [0, 0.1) is 10.1 Å². The third kappa shape index (κ3) is 6.16. The Kier molecular flexibility index (Phi) is 7.97. The summed E-state index contributed by atoms with van der Waals surface area (Å²) in [6, 6.07) is 2.70. The van der Waals surface area contributed by atoms with E-state index in [4.69, 9.17) is 9.47 Å². The summed E-state index contributed by atoms with van der Waals surface area (Å²) in [7, 11) is 1.42. The van der Waals surface area contributed by atoms with Gasteiger partial charge in [-0.05, 0) is 19.9 Å². The number of nitrogens with zero attached hydrogens (tertiary/aromatic N) is 4. The van der Waals surface area contributed by atoms with Crippen LogP contribution in [0.3, 0.4) is 0 Å². The van der Waals surface area contributed by atoms with Crippen LogP contribution in [0.15, 0.2) is 23.4 Å². The second-order valence-corrected chi connectivity index (χ2v) is 4.70. The number of nitro groups is 1. The molecule has 0 fully saturated rings. The lowest BCUT2D eigenvalue weighted by Gasteiger charge is -2.14. The summed E-state index contributed by atoms with van der Waals surface area (Å²) in [5, 5.41) is 16.2. The smallest absolute Gasteiger partial charge is 0.354 e. The summed E-state index contributed by atoms with van der Waals surface area (Å²) in [6.45, 7) is 3.66. The molecule has 10 nitrogen and oxygen atoms in total. The van der Waals surface area contributed by atoms with E-state index in [-0.39, 0.29) is 43.3 Å². The Morgan fingerprint density at radius 1 is 1.28 bits per heavy atom. The van der Waals surface area contributed by atoms with Crippen LogP contribution in [0.5, 0.6) is 0 Å². The van der Waals surface area contributed by atoms with Gasteiger partial charge in [0.1, 0.15) is 5.71 Å². The molecular weight excluding hydrogens is 332 g/mol. The minimum atomic E-state index is -0.711. The first-order valence-corrected chi connectivity index (χ1v) is 7.64.